The molecule has 0 N–H and O–H groups in total. The average Bonchev–Trinajstić information content (AvgIpc) is 1.63. The van der Waals surface area contributed by atoms with Crippen LogP contribution in [0.25, 0.3) is 0 Å². The topological polar surface area (TPSA) is 310 Å². The number of aliphatic carboxylic acids is 4. The van der Waals surface area contributed by atoms with Crippen LogP contribution >= 0.6 is 0 Å². The smallest absolute Gasteiger partial charge is 0.548 e. The van der Waals surface area contributed by atoms with Gasteiger partial charge in [0, 0.05) is 0 Å². The van der Waals surface area contributed by atoms with Gasteiger partial charge in [-0.1, -0.05) is 190 Å². The van der Waals surface area contributed by atoms with E-state index in [0.29, 0.717) is 0 Å². The Morgan fingerprint density at radius 1 is 0.255 bits per heavy atom. The van der Waals surface area contributed by atoms with E-state index in [9.17, 15) is 78.0 Å². The van der Waals surface area contributed by atoms with E-state index in [1.165, 1.54) is 0 Å². The summed E-state index contributed by atoms with van der Waals surface area (Å²) in [6, 6.07) is 15.1. The number of hydrogen-bond donors (Lipinski definition) is 0. The standard InChI is InChI=1S/4C18H23NO4.2Rh/c4*1-17(2,3)10-7-8-11-12(9-10)15(21)19(14(11)20)13(16(22)23)18(4,5)6;;/h4*7-9,13H,1-6H3,(H,22,23);;/q;;;;2*+2/p-4. The predicted octanol–water partition coefficient (Wildman–Crippen LogP) is 6.97. The number of carbonyl (C=O) groups is 12. The van der Waals surface area contributed by atoms with Crippen LogP contribution in [-0.2, 0) is 79.8 Å². The van der Waals surface area contributed by atoms with Gasteiger partial charge in [-0.3, -0.25) is 58.0 Å². The first-order valence-electron chi connectivity index (χ1n) is 30.3. The summed E-state index contributed by atoms with van der Waals surface area (Å²) in [6.07, 6.45) is 0. The van der Waals surface area contributed by atoms with Crippen LogP contribution < -0.4 is 20.4 Å². The summed E-state index contributed by atoms with van der Waals surface area (Å²) in [5.41, 5.74) is 1.72. The van der Waals surface area contributed by atoms with Crippen molar-refractivity contribution < 1.29 is 117 Å². The molecular formula is C72H88N4O16Rh2. The zero-order chi connectivity index (χ0) is 71.0. The van der Waals surface area contributed by atoms with Crippen LogP contribution in [0.4, 0.5) is 0 Å². The van der Waals surface area contributed by atoms with Crippen LogP contribution in [0, 0.1) is 21.7 Å². The summed E-state index contributed by atoms with van der Waals surface area (Å²) in [5.74, 6) is -10.3. The van der Waals surface area contributed by atoms with E-state index in [0.717, 1.165) is 41.9 Å². The van der Waals surface area contributed by atoms with E-state index in [2.05, 4.69) is 0 Å². The molecule has 4 heterocycles. The van der Waals surface area contributed by atoms with Gasteiger partial charge in [0.2, 0.25) is 0 Å². The minimum atomic E-state index is -1.43. The molecule has 4 atom stereocenters. The molecule has 0 saturated carbocycles. The van der Waals surface area contributed by atoms with Crippen LogP contribution in [0.2, 0.25) is 0 Å². The molecule has 0 fully saturated rings. The first-order valence-corrected chi connectivity index (χ1v) is 30.3. The fraction of sp³-hybridized carbons (Fsp3) is 0.500. The molecule has 8 amide bonds. The molecule has 94 heavy (non-hydrogen) atoms. The van der Waals surface area contributed by atoms with Gasteiger partial charge in [-0.2, -0.15) is 0 Å². The molecule has 0 aromatic heterocycles. The van der Waals surface area contributed by atoms with Crippen molar-refractivity contribution in [1.29, 1.82) is 0 Å². The maximum atomic E-state index is 12.7. The van der Waals surface area contributed by atoms with Crippen molar-refractivity contribution in [3.05, 3.63) is 140 Å². The molecule has 0 saturated heterocycles. The summed E-state index contributed by atoms with van der Waals surface area (Å²) in [6.45, 7) is 44.1. The monoisotopic (exact) mass is 1470 g/mol. The molecule has 20 nitrogen and oxygen atoms in total. The Balaban J connectivity index is 0.000000325. The Labute approximate surface area is 577 Å². The van der Waals surface area contributed by atoms with Crippen LogP contribution in [0.1, 0.15) is 271 Å². The first-order chi connectivity index (χ1) is 41.4. The molecule has 22 heteroatoms. The maximum Gasteiger partial charge on any atom is 2.00 e. The van der Waals surface area contributed by atoms with Gasteiger partial charge in [0.15, 0.2) is 0 Å². The molecule has 0 aliphatic carbocycles. The second-order valence-corrected chi connectivity index (χ2v) is 32.3. The summed E-state index contributed by atoms with van der Waals surface area (Å²) in [5, 5.41) is 46.2. The van der Waals surface area contributed by atoms with Gasteiger partial charge in [0.05, 0.1) is 92.6 Å². The molecule has 510 valence electrons. The van der Waals surface area contributed by atoms with Gasteiger partial charge in [-0.15, -0.1) is 0 Å². The van der Waals surface area contributed by atoms with Gasteiger partial charge in [-0.25, -0.2) is 0 Å². The number of imide groups is 4. The zero-order valence-corrected chi connectivity index (χ0v) is 61.5. The van der Waals surface area contributed by atoms with Gasteiger partial charge in [0.25, 0.3) is 47.3 Å². The molecule has 4 aromatic carbocycles. The van der Waals surface area contributed by atoms with Crippen molar-refractivity contribution in [1.82, 2.24) is 19.6 Å². The maximum absolute atomic E-state index is 12.7. The van der Waals surface area contributed by atoms with Crippen LogP contribution in [0.3, 0.4) is 0 Å². The Morgan fingerprint density at radius 2 is 0.383 bits per heavy atom. The zero-order valence-electron chi connectivity index (χ0n) is 58.2. The number of fused-ring (bicyclic) bond motifs is 4. The van der Waals surface area contributed by atoms with E-state index in [1.807, 2.05) is 83.1 Å². The Morgan fingerprint density at radius 3 is 0.489 bits per heavy atom. The third-order valence-corrected chi connectivity index (χ3v) is 16.3. The quantitative estimate of drug-likeness (QED) is 0.127. The van der Waals surface area contributed by atoms with E-state index in [1.54, 1.807) is 156 Å². The Bertz CT molecular complexity index is 3270. The number of benzene rings is 4. The normalized spacial score (nSPS) is 16.2. The van der Waals surface area contributed by atoms with Crippen molar-refractivity contribution in [2.45, 2.75) is 212 Å². The van der Waals surface area contributed by atoms with E-state index in [-0.39, 0.29) is 105 Å². The number of carbonyl (C=O) groups excluding carboxylic acids is 12. The Kier molecular flexibility index (Phi) is 23.8. The number of hydrogen-bond acceptors (Lipinski definition) is 16. The van der Waals surface area contributed by atoms with Crippen molar-refractivity contribution in [2.24, 2.45) is 21.7 Å². The summed E-state index contributed by atoms with van der Waals surface area (Å²) < 4.78 is 0. The van der Waals surface area contributed by atoms with E-state index < -0.39 is 117 Å². The van der Waals surface area contributed by atoms with Crippen LogP contribution in [-0.4, -0.2) is 115 Å². The first kappa shape index (κ1) is 80.8. The second-order valence-electron chi connectivity index (χ2n) is 32.3. The number of rotatable bonds is 8. The molecule has 0 spiro atoms. The SMILES string of the molecule is CC(C)(C)c1ccc2c(c1)C(=O)N(C(C(=O)[O-])C(C)(C)C)C2=O.CC(C)(C)c1ccc2c(c1)C(=O)N(C(C(=O)[O-])C(C)(C)C)C2=O.CC(C)(C)c1ccc2c(c1)C(=O)N(C(C(=O)[O-])C(C)(C)C)C2=O.CC(C)(C)c1ccc2c(c1)C(=O)N(C(C(=O)[O-])C(C)(C)C)C2=O.[Rh+2].[Rh+2]. The molecule has 4 aliphatic heterocycles. The van der Waals surface area contributed by atoms with Crippen molar-refractivity contribution in [3.8, 4) is 0 Å². The largest absolute Gasteiger partial charge is 2.00 e. The second kappa shape index (κ2) is 27.7. The van der Waals surface area contributed by atoms with Crippen LogP contribution in [0.15, 0.2) is 72.8 Å². The summed E-state index contributed by atoms with van der Waals surface area (Å²) in [7, 11) is 0. The molecule has 2 radical (unpaired) electrons. The number of carboxylic acid groups (broad SMARTS) is 4. The van der Waals surface area contributed by atoms with Crippen molar-refractivity contribution >= 4 is 71.1 Å². The fourth-order valence-corrected chi connectivity index (χ4v) is 11.2. The molecule has 8 rings (SSSR count). The van der Waals surface area contributed by atoms with Gasteiger partial charge in [-0.05, 0) is 114 Å². The molecule has 4 unspecified atom stereocenters. The third-order valence-electron chi connectivity index (χ3n) is 16.3. The van der Waals surface area contributed by atoms with Gasteiger partial charge in [0.1, 0.15) is 0 Å². The van der Waals surface area contributed by atoms with Gasteiger partial charge >= 0.3 is 39.0 Å². The molecule has 4 aliphatic rings. The minimum Gasteiger partial charge on any atom is -0.548 e. The Hall–Kier alpha value is -7.43. The third kappa shape index (κ3) is 16.6. The van der Waals surface area contributed by atoms with E-state index >= 15 is 0 Å². The molecule has 0 bridgehead atoms. The van der Waals surface area contributed by atoms with E-state index in [4.69, 9.17) is 0 Å². The summed E-state index contributed by atoms with van der Waals surface area (Å²) in [4.78, 5) is 151. The average molecular weight is 1470 g/mol. The molecule has 4 aromatic rings. The fourth-order valence-electron chi connectivity index (χ4n) is 11.2. The van der Waals surface area contributed by atoms with Gasteiger partial charge < -0.3 is 39.6 Å². The predicted molar refractivity (Wildman–Crippen MR) is 336 cm³/mol. The van der Waals surface area contributed by atoms with Crippen LogP contribution in [0.5, 0.6) is 0 Å². The van der Waals surface area contributed by atoms with Crippen molar-refractivity contribution in [2.75, 3.05) is 0 Å². The minimum absolute atomic E-state index is 0. The number of amides is 8. The summed E-state index contributed by atoms with van der Waals surface area (Å²) >= 11 is 0. The number of carboxylic acids is 4. The van der Waals surface area contributed by atoms with Crippen molar-refractivity contribution in [3.63, 3.8) is 0 Å². The number of nitrogens with zero attached hydrogens (tertiary/aromatic N) is 4. The molecular weight excluding hydrogens is 1380 g/mol.